The van der Waals surface area contributed by atoms with Gasteiger partial charge in [-0.3, -0.25) is 14.4 Å². The number of nitrogens with zero attached hydrogens (tertiary/aromatic N) is 1. The molecule has 1 fully saturated rings. The molecule has 3 rings (SSSR count). The highest BCUT2D eigenvalue weighted by Crippen LogP contribution is 2.36. The number of thioether (sulfide) groups is 1. The van der Waals surface area contributed by atoms with E-state index in [4.69, 9.17) is 5.11 Å². The predicted molar refractivity (Wildman–Crippen MR) is 82.1 cm³/mol. The molecule has 116 valence electrons. The SMILES string of the molecule is CC1Sc2ccc(C(=O)N(CC(=O)O)C3CC3)cc2NC1=O. The Morgan fingerprint density at radius 3 is 2.77 bits per heavy atom. The monoisotopic (exact) mass is 320 g/mol. The second-order valence-electron chi connectivity index (χ2n) is 5.52. The Labute approximate surface area is 131 Å². The summed E-state index contributed by atoms with van der Waals surface area (Å²) in [6.45, 7) is 1.53. The van der Waals surface area contributed by atoms with Crippen LogP contribution >= 0.6 is 11.8 Å². The zero-order chi connectivity index (χ0) is 15.9. The van der Waals surface area contributed by atoms with Crippen molar-refractivity contribution in [2.45, 2.75) is 36.0 Å². The van der Waals surface area contributed by atoms with E-state index < -0.39 is 5.97 Å². The molecule has 2 aliphatic rings. The molecule has 0 spiro atoms. The molecule has 6 nitrogen and oxygen atoms in total. The van der Waals surface area contributed by atoms with Gasteiger partial charge in [-0.15, -0.1) is 11.8 Å². The van der Waals surface area contributed by atoms with Crippen molar-refractivity contribution in [3.05, 3.63) is 23.8 Å². The molecule has 0 aromatic heterocycles. The molecule has 1 aliphatic carbocycles. The molecule has 1 heterocycles. The summed E-state index contributed by atoms with van der Waals surface area (Å²) in [5, 5.41) is 11.6. The number of carboxylic acids is 1. The first-order valence-corrected chi connectivity index (χ1v) is 7.98. The number of fused-ring (bicyclic) bond motifs is 1. The van der Waals surface area contributed by atoms with Gasteiger partial charge >= 0.3 is 5.97 Å². The van der Waals surface area contributed by atoms with Crippen molar-refractivity contribution in [1.29, 1.82) is 0 Å². The molecule has 1 aliphatic heterocycles. The van der Waals surface area contributed by atoms with Crippen LogP contribution in [-0.4, -0.2) is 45.6 Å². The fourth-order valence-corrected chi connectivity index (χ4v) is 3.34. The Hall–Kier alpha value is -2.02. The van der Waals surface area contributed by atoms with Crippen LogP contribution in [0, 0.1) is 0 Å². The lowest BCUT2D eigenvalue weighted by atomic mass is 10.1. The third kappa shape index (κ3) is 2.94. The van der Waals surface area contributed by atoms with Gasteiger partial charge in [0, 0.05) is 16.5 Å². The zero-order valence-corrected chi connectivity index (χ0v) is 12.9. The van der Waals surface area contributed by atoms with Crippen LogP contribution in [0.25, 0.3) is 0 Å². The summed E-state index contributed by atoms with van der Waals surface area (Å²) in [5.41, 5.74) is 1.02. The molecule has 1 aromatic rings. The summed E-state index contributed by atoms with van der Waals surface area (Å²) < 4.78 is 0. The Kier molecular flexibility index (Phi) is 3.82. The van der Waals surface area contributed by atoms with Crippen molar-refractivity contribution in [3.8, 4) is 0 Å². The lowest BCUT2D eigenvalue weighted by Crippen LogP contribution is -2.37. The Morgan fingerprint density at radius 1 is 1.41 bits per heavy atom. The number of benzene rings is 1. The number of amides is 2. The van der Waals surface area contributed by atoms with E-state index in [-0.39, 0.29) is 29.7 Å². The van der Waals surface area contributed by atoms with Crippen LogP contribution in [0.5, 0.6) is 0 Å². The minimum atomic E-state index is -1.02. The third-order valence-corrected chi connectivity index (χ3v) is 4.89. The number of anilines is 1. The third-order valence-electron chi connectivity index (χ3n) is 3.71. The van der Waals surface area contributed by atoms with E-state index >= 15 is 0 Å². The average Bonchev–Trinajstić information content (AvgIpc) is 3.29. The Morgan fingerprint density at radius 2 is 2.14 bits per heavy atom. The summed E-state index contributed by atoms with van der Waals surface area (Å²) >= 11 is 1.45. The standard InChI is InChI=1S/C15H16N2O4S/c1-8-14(20)16-11-6-9(2-5-12(11)22-8)15(21)17(7-13(18)19)10-3-4-10/h2,5-6,8,10H,3-4,7H2,1H3,(H,16,20)(H,18,19). The minimum absolute atomic E-state index is 0.0172. The number of carbonyl (C=O) groups is 3. The molecule has 1 saturated carbocycles. The molecule has 1 atom stereocenters. The van der Waals surface area contributed by atoms with Crippen LogP contribution in [0.15, 0.2) is 23.1 Å². The van der Waals surface area contributed by atoms with Gasteiger partial charge in [0.1, 0.15) is 6.54 Å². The number of hydrogen-bond donors (Lipinski definition) is 2. The maximum atomic E-state index is 12.5. The summed E-state index contributed by atoms with van der Waals surface area (Å²) in [6.07, 6.45) is 1.68. The van der Waals surface area contributed by atoms with Crippen LogP contribution in [0.1, 0.15) is 30.1 Å². The van der Waals surface area contributed by atoms with Gasteiger partial charge in [-0.25, -0.2) is 0 Å². The highest BCUT2D eigenvalue weighted by molar-refractivity contribution is 8.00. The summed E-state index contributed by atoms with van der Waals surface area (Å²) in [5.74, 6) is -1.41. The highest BCUT2D eigenvalue weighted by Gasteiger charge is 2.34. The second-order valence-corrected chi connectivity index (χ2v) is 6.90. The van der Waals surface area contributed by atoms with Crippen molar-refractivity contribution >= 4 is 35.2 Å². The molecule has 0 saturated heterocycles. The van der Waals surface area contributed by atoms with Gasteiger partial charge in [-0.05, 0) is 38.0 Å². The fraction of sp³-hybridized carbons (Fsp3) is 0.400. The summed E-state index contributed by atoms with van der Waals surface area (Å²) in [7, 11) is 0. The molecule has 22 heavy (non-hydrogen) atoms. The van der Waals surface area contributed by atoms with Crippen molar-refractivity contribution in [2.75, 3.05) is 11.9 Å². The van der Waals surface area contributed by atoms with E-state index in [1.807, 2.05) is 6.92 Å². The van der Waals surface area contributed by atoms with Crippen molar-refractivity contribution in [2.24, 2.45) is 0 Å². The van der Waals surface area contributed by atoms with Gasteiger partial charge in [0.05, 0.1) is 10.9 Å². The van der Waals surface area contributed by atoms with Crippen LogP contribution in [-0.2, 0) is 9.59 Å². The first-order valence-electron chi connectivity index (χ1n) is 7.10. The number of rotatable bonds is 4. The molecule has 0 bridgehead atoms. The largest absolute Gasteiger partial charge is 0.480 e. The lowest BCUT2D eigenvalue weighted by Gasteiger charge is -2.24. The second kappa shape index (κ2) is 5.64. The van der Waals surface area contributed by atoms with E-state index in [0.717, 1.165) is 17.7 Å². The van der Waals surface area contributed by atoms with Gasteiger partial charge in [-0.1, -0.05) is 0 Å². The number of aliphatic carboxylic acids is 1. The number of hydrogen-bond acceptors (Lipinski definition) is 4. The first kappa shape index (κ1) is 14.9. The molecule has 2 N–H and O–H groups in total. The molecule has 7 heteroatoms. The van der Waals surface area contributed by atoms with Crippen molar-refractivity contribution in [3.63, 3.8) is 0 Å². The molecule has 1 aromatic carbocycles. The van der Waals surface area contributed by atoms with E-state index in [1.54, 1.807) is 18.2 Å². The smallest absolute Gasteiger partial charge is 0.323 e. The number of carbonyl (C=O) groups excluding carboxylic acids is 2. The zero-order valence-electron chi connectivity index (χ0n) is 12.0. The maximum Gasteiger partial charge on any atom is 0.323 e. The van der Waals surface area contributed by atoms with Gasteiger partial charge < -0.3 is 15.3 Å². The maximum absolute atomic E-state index is 12.5. The fourth-order valence-electron chi connectivity index (χ4n) is 2.41. The van der Waals surface area contributed by atoms with Crippen LogP contribution in [0.2, 0.25) is 0 Å². The molecular weight excluding hydrogens is 304 g/mol. The number of carboxylic acid groups (broad SMARTS) is 1. The molecule has 2 amide bonds. The lowest BCUT2D eigenvalue weighted by molar-refractivity contribution is -0.137. The van der Waals surface area contributed by atoms with Crippen LogP contribution < -0.4 is 5.32 Å². The molecule has 0 radical (unpaired) electrons. The topological polar surface area (TPSA) is 86.7 Å². The average molecular weight is 320 g/mol. The van der Waals surface area contributed by atoms with E-state index in [2.05, 4.69) is 5.32 Å². The highest BCUT2D eigenvalue weighted by atomic mass is 32.2. The predicted octanol–water partition coefficient (Wildman–Crippen LogP) is 1.81. The van der Waals surface area contributed by atoms with Gasteiger partial charge in [0.15, 0.2) is 0 Å². The summed E-state index contributed by atoms with van der Waals surface area (Å²) in [4.78, 5) is 37.5. The van der Waals surface area contributed by atoms with Gasteiger partial charge in [0.2, 0.25) is 5.91 Å². The van der Waals surface area contributed by atoms with Crippen molar-refractivity contribution < 1.29 is 19.5 Å². The van der Waals surface area contributed by atoms with E-state index in [9.17, 15) is 14.4 Å². The Bertz CT molecular complexity index is 657. The number of nitrogens with one attached hydrogen (secondary N) is 1. The van der Waals surface area contributed by atoms with Crippen LogP contribution in [0.4, 0.5) is 5.69 Å². The Balaban J connectivity index is 1.85. The quantitative estimate of drug-likeness (QED) is 0.883. The van der Waals surface area contributed by atoms with E-state index in [1.165, 1.54) is 16.7 Å². The first-order chi connectivity index (χ1) is 10.5. The minimum Gasteiger partial charge on any atom is -0.480 e. The molecule has 1 unspecified atom stereocenters. The molecular formula is C15H16N2O4S. The van der Waals surface area contributed by atoms with Crippen molar-refractivity contribution in [1.82, 2.24) is 4.90 Å². The van der Waals surface area contributed by atoms with Gasteiger partial charge in [-0.2, -0.15) is 0 Å². The summed E-state index contributed by atoms with van der Waals surface area (Å²) in [6, 6.07) is 5.14. The van der Waals surface area contributed by atoms with Crippen LogP contribution in [0.3, 0.4) is 0 Å². The van der Waals surface area contributed by atoms with Gasteiger partial charge in [0.25, 0.3) is 5.91 Å². The van der Waals surface area contributed by atoms with E-state index in [0.29, 0.717) is 11.3 Å². The normalized spacial score (nSPS) is 20.0.